The first kappa shape index (κ1) is 15.5. The summed E-state index contributed by atoms with van der Waals surface area (Å²) in [7, 11) is 1.57. The molecule has 3 heterocycles. The number of methoxy groups -OCH3 is 1. The molecule has 0 amide bonds. The predicted molar refractivity (Wildman–Crippen MR) is 85.6 cm³/mol. The quantitative estimate of drug-likeness (QED) is 0.912. The van der Waals surface area contributed by atoms with Crippen LogP contribution in [0, 0.1) is 0 Å². The van der Waals surface area contributed by atoms with E-state index in [1.54, 1.807) is 13.2 Å². The maximum atomic E-state index is 5.75. The minimum atomic E-state index is 0.200. The Morgan fingerprint density at radius 2 is 2.17 bits per heavy atom. The van der Waals surface area contributed by atoms with Crippen molar-refractivity contribution in [3.63, 3.8) is 0 Å². The number of piperidine rings is 1. The van der Waals surface area contributed by atoms with E-state index in [4.69, 9.17) is 15.0 Å². The third-order valence-corrected chi connectivity index (χ3v) is 3.98. The minimum Gasteiger partial charge on any atom is -0.481 e. The number of nitrogens with two attached hydrogens (primary N) is 1. The van der Waals surface area contributed by atoms with E-state index in [1.165, 1.54) is 0 Å². The number of aromatic nitrogens is 4. The Bertz CT molecular complexity index is 672. The summed E-state index contributed by atoms with van der Waals surface area (Å²) in [5.74, 6) is 3.36. The molecule has 8 heteroatoms. The zero-order chi connectivity index (χ0) is 16.4. The number of hydrogen-bond acceptors (Lipinski definition) is 8. The molecule has 0 saturated carbocycles. The SMILES string of the molecule is COc1cc(N2CCC[C@@H](c3nc(C(C)C)no3)C2)nc(N)n1. The third kappa shape index (κ3) is 3.35. The van der Waals surface area contributed by atoms with Gasteiger partial charge in [-0.05, 0) is 12.8 Å². The largest absolute Gasteiger partial charge is 0.481 e. The maximum Gasteiger partial charge on any atom is 0.231 e. The Morgan fingerprint density at radius 1 is 1.35 bits per heavy atom. The number of nitrogen functional groups attached to an aromatic ring is 1. The first-order chi connectivity index (χ1) is 11.1. The molecule has 1 fully saturated rings. The van der Waals surface area contributed by atoms with Crippen molar-refractivity contribution in [1.82, 2.24) is 20.1 Å². The van der Waals surface area contributed by atoms with E-state index >= 15 is 0 Å². The monoisotopic (exact) mass is 318 g/mol. The fourth-order valence-corrected chi connectivity index (χ4v) is 2.73. The van der Waals surface area contributed by atoms with Crippen LogP contribution in [-0.2, 0) is 0 Å². The Hall–Kier alpha value is -2.38. The molecule has 0 bridgehead atoms. The number of hydrogen-bond donors (Lipinski definition) is 1. The fourth-order valence-electron chi connectivity index (χ4n) is 2.73. The Kier molecular flexibility index (Phi) is 4.31. The minimum absolute atomic E-state index is 0.200. The molecule has 1 saturated heterocycles. The van der Waals surface area contributed by atoms with Gasteiger partial charge in [-0.25, -0.2) is 0 Å². The standard InChI is InChI=1S/C15H22N6O2/c1-9(2)13-19-14(23-20-13)10-5-4-6-21(8-10)11-7-12(22-3)18-15(16)17-11/h7,9-10H,4-6,8H2,1-3H3,(H2,16,17,18)/t10-/m1/s1. The van der Waals surface area contributed by atoms with Crippen LogP contribution in [0.25, 0.3) is 0 Å². The number of rotatable bonds is 4. The van der Waals surface area contributed by atoms with Gasteiger partial charge in [-0.15, -0.1) is 0 Å². The van der Waals surface area contributed by atoms with E-state index in [0.29, 0.717) is 11.8 Å². The van der Waals surface area contributed by atoms with Gasteiger partial charge in [-0.3, -0.25) is 0 Å². The van der Waals surface area contributed by atoms with Gasteiger partial charge in [0.1, 0.15) is 5.82 Å². The lowest BCUT2D eigenvalue weighted by Gasteiger charge is -2.31. The van der Waals surface area contributed by atoms with Crippen LogP contribution in [0.5, 0.6) is 5.88 Å². The molecule has 0 aromatic carbocycles. The van der Waals surface area contributed by atoms with Crippen molar-refractivity contribution >= 4 is 11.8 Å². The highest BCUT2D eigenvalue weighted by Gasteiger charge is 2.27. The molecule has 8 nitrogen and oxygen atoms in total. The van der Waals surface area contributed by atoms with Gasteiger partial charge in [0.15, 0.2) is 5.82 Å². The second-order valence-corrected chi connectivity index (χ2v) is 6.06. The highest BCUT2D eigenvalue weighted by molar-refractivity contribution is 5.46. The summed E-state index contributed by atoms with van der Waals surface area (Å²) in [5.41, 5.74) is 5.75. The Morgan fingerprint density at radius 3 is 2.87 bits per heavy atom. The van der Waals surface area contributed by atoms with Crippen LogP contribution in [0.4, 0.5) is 11.8 Å². The summed E-state index contributed by atoms with van der Waals surface area (Å²) in [6.07, 6.45) is 2.05. The van der Waals surface area contributed by atoms with Gasteiger partial charge in [0.2, 0.25) is 17.7 Å². The summed E-state index contributed by atoms with van der Waals surface area (Å²) in [6.45, 7) is 5.77. The average molecular weight is 318 g/mol. The van der Waals surface area contributed by atoms with Crippen molar-refractivity contribution in [3.05, 3.63) is 17.8 Å². The van der Waals surface area contributed by atoms with Crippen molar-refractivity contribution in [2.24, 2.45) is 0 Å². The normalized spacial score (nSPS) is 18.4. The van der Waals surface area contributed by atoms with Gasteiger partial charge < -0.3 is 19.9 Å². The molecule has 0 unspecified atom stereocenters. The van der Waals surface area contributed by atoms with Gasteiger partial charge in [0, 0.05) is 25.1 Å². The second-order valence-electron chi connectivity index (χ2n) is 6.06. The van der Waals surface area contributed by atoms with Crippen LogP contribution in [-0.4, -0.2) is 40.3 Å². The summed E-state index contributed by atoms with van der Waals surface area (Å²) in [6, 6.07) is 1.80. The van der Waals surface area contributed by atoms with Crippen molar-refractivity contribution in [1.29, 1.82) is 0 Å². The average Bonchev–Trinajstić information content (AvgIpc) is 3.04. The zero-order valence-corrected chi connectivity index (χ0v) is 13.7. The number of nitrogens with zero attached hydrogens (tertiary/aromatic N) is 5. The molecule has 0 aliphatic carbocycles. The van der Waals surface area contributed by atoms with Crippen LogP contribution >= 0.6 is 0 Å². The van der Waals surface area contributed by atoms with E-state index in [0.717, 1.165) is 37.6 Å². The second kappa shape index (κ2) is 6.39. The van der Waals surface area contributed by atoms with Crippen LogP contribution in [0.15, 0.2) is 10.6 Å². The number of anilines is 2. The van der Waals surface area contributed by atoms with Gasteiger partial charge in [0.25, 0.3) is 0 Å². The topological polar surface area (TPSA) is 103 Å². The van der Waals surface area contributed by atoms with Crippen molar-refractivity contribution in [2.75, 3.05) is 30.8 Å². The predicted octanol–water partition coefficient (Wildman–Crippen LogP) is 1.96. The molecule has 1 aliphatic rings. The lowest BCUT2D eigenvalue weighted by atomic mass is 9.98. The van der Waals surface area contributed by atoms with Gasteiger partial charge in [0.05, 0.1) is 13.0 Å². The van der Waals surface area contributed by atoms with Crippen molar-refractivity contribution in [2.45, 2.75) is 38.5 Å². The summed E-state index contributed by atoms with van der Waals surface area (Å²) in [5, 5.41) is 4.06. The molecule has 1 atom stereocenters. The molecule has 2 N–H and O–H groups in total. The van der Waals surface area contributed by atoms with Crippen LogP contribution in [0.1, 0.15) is 50.2 Å². The molecule has 1 aliphatic heterocycles. The lowest BCUT2D eigenvalue weighted by molar-refractivity contribution is 0.329. The van der Waals surface area contributed by atoms with Gasteiger partial charge in [-0.2, -0.15) is 15.0 Å². The third-order valence-electron chi connectivity index (χ3n) is 3.98. The van der Waals surface area contributed by atoms with Crippen molar-refractivity contribution < 1.29 is 9.26 Å². The summed E-state index contributed by atoms with van der Waals surface area (Å²) in [4.78, 5) is 15.0. The Labute approximate surface area is 135 Å². The van der Waals surface area contributed by atoms with E-state index in [-0.39, 0.29) is 17.8 Å². The van der Waals surface area contributed by atoms with Crippen molar-refractivity contribution in [3.8, 4) is 5.88 Å². The summed E-state index contributed by atoms with van der Waals surface area (Å²) < 4.78 is 10.6. The van der Waals surface area contributed by atoms with E-state index in [2.05, 4.69) is 38.9 Å². The van der Waals surface area contributed by atoms with Gasteiger partial charge >= 0.3 is 0 Å². The molecule has 0 spiro atoms. The molecule has 2 aromatic heterocycles. The molecule has 3 rings (SSSR count). The molecule has 23 heavy (non-hydrogen) atoms. The Balaban J connectivity index is 1.79. The molecule has 0 radical (unpaired) electrons. The van der Waals surface area contributed by atoms with Crippen LogP contribution in [0.2, 0.25) is 0 Å². The molecule has 2 aromatic rings. The van der Waals surface area contributed by atoms with Gasteiger partial charge in [-0.1, -0.05) is 19.0 Å². The van der Waals surface area contributed by atoms with E-state index in [9.17, 15) is 0 Å². The zero-order valence-electron chi connectivity index (χ0n) is 13.7. The highest BCUT2D eigenvalue weighted by atomic mass is 16.5. The highest BCUT2D eigenvalue weighted by Crippen LogP contribution is 2.30. The molecule has 124 valence electrons. The van der Waals surface area contributed by atoms with E-state index < -0.39 is 0 Å². The fraction of sp³-hybridized carbons (Fsp3) is 0.600. The first-order valence-electron chi connectivity index (χ1n) is 7.83. The maximum absolute atomic E-state index is 5.75. The molecular formula is C15H22N6O2. The smallest absolute Gasteiger partial charge is 0.231 e. The lowest BCUT2D eigenvalue weighted by Crippen LogP contribution is -2.35. The number of ether oxygens (including phenoxy) is 1. The first-order valence-corrected chi connectivity index (χ1v) is 7.83. The molecular weight excluding hydrogens is 296 g/mol. The van der Waals surface area contributed by atoms with Crippen LogP contribution < -0.4 is 15.4 Å². The van der Waals surface area contributed by atoms with E-state index in [1.807, 2.05) is 0 Å². The van der Waals surface area contributed by atoms with Crippen LogP contribution in [0.3, 0.4) is 0 Å². The summed E-state index contributed by atoms with van der Waals surface area (Å²) >= 11 is 0.